The van der Waals surface area contributed by atoms with Crippen molar-refractivity contribution in [3.05, 3.63) is 34.0 Å². The van der Waals surface area contributed by atoms with Gasteiger partial charge in [-0.2, -0.15) is 0 Å². The predicted octanol–water partition coefficient (Wildman–Crippen LogP) is 3.48. The highest BCUT2D eigenvalue weighted by Crippen LogP contribution is 2.31. The van der Waals surface area contributed by atoms with Crippen LogP contribution < -0.4 is 5.32 Å². The van der Waals surface area contributed by atoms with Gasteiger partial charge in [0.05, 0.1) is 9.50 Å². The minimum Gasteiger partial charge on any atom is -0.357 e. The number of hydrogen-bond acceptors (Lipinski definition) is 5. The minimum atomic E-state index is 0.574. The standard InChI is InChI=1S/C10H8BrClN4S/c1-13-10-15-5-7(11)9(16-10)17-8-3-2-6(12)4-14-8/h2-5H,1H3,(H,13,15,16). The van der Waals surface area contributed by atoms with Crippen molar-refractivity contribution in [2.24, 2.45) is 0 Å². The molecule has 0 saturated carbocycles. The highest BCUT2D eigenvalue weighted by molar-refractivity contribution is 9.10. The fourth-order valence-corrected chi connectivity index (χ4v) is 2.33. The smallest absolute Gasteiger partial charge is 0.223 e. The predicted molar refractivity (Wildman–Crippen MR) is 72.6 cm³/mol. The average Bonchev–Trinajstić information content (AvgIpc) is 2.35. The molecule has 88 valence electrons. The quantitative estimate of drug-likeness (QED) is 0.873. The van der Waals surface area contributed by atoms with Crippen molar-refractivity contribution in [2.75, 3.05) is 12.4 Å². The van der Waals surface area contributed by atoms with Crippen LogP contribution in [-0.2, 0) is 0 Å². The van der Waals surface area contributed by atoms with Crippen molar-refractivity contribution in [1.29, 1.82) is 0 Å². The molecular formula is C10H8BrClN4S. The molecule has 0 aliphatic rings. The first-order valence-corrected chi connectivity index (χ1v) is 6.67. The molecule has 0 atom stereocenters. The molecule has 0 bridgehead atoms. The van der Waals surface area contributed by atoms with Gasteiger partial charge < -0.3 is 5.32 Å². The van der Waals surface area contributed by atoms with E-state index < -0.39 is 0 Å². The van der Waals surface area contributed by atoms with Crippen LogP contribution in [0.25, 0.3) is 0 Å². The van der Waals surface area contributed by atoms with E-state index in [1.165, 1.54) is 11.8 Å². The summed E-state index contributed by atoms with van der Waals surface area (Å²) in [4.78, 5) is 12.6. The van der Waals surface area contributed by atoms with Crippen LogP contribution in [0, 0.1) is 0 Å². The largest absolute Gasteiger partial charge is 0.357 e. The third-order valence-corrected chi connectivity index (χ3v) is 3.86. The maximum absolute atomic E-state index is 5.78. The number of rotatable bonds is 3. The molecule has 17 heavy (non-hydrogen) atoms. The van der Waals surface area contributed by atoms with Crippen LogP contribution in [0.5, 0.6) is 0 Å². The van der Waals surface area contributed by atoms with Gasteiger partial charge in [0.2, 0.25) is 5.95 Å². The molecule has 0 amide bonds. The molecule has 0 aliphatic carbocycles. The second kappa shape index (κ2) is 5.66. The molecule has 0 radical (unpaired) electrons. The lowest BCUT2D eigenvalue weighted by Crippen LogP contribution is -1.97. The second-order valence-electron chi connectivity index (χ2n) is 3.01. The van der Waals surface area contributed by atoms with Crippen molar-refractivity contribution < 1.29 is 0 Å². The van der Waals surface area contributed by atoms with Gasteiger partial charge >= 0.3 is 0 Å². The summed E-state index contributed by atoms with van der Waals surface area (Å²) in [6, 6.07) is 3.64. The maximum atomic E-state index is 5.78. The molecule has 0 aromatic carbocycles. The Morgan fingerprint density at radius 1 is 1.29 bits per heavy atom. The van der Waals surface area contributed by atoms with Gasteiger partial charge in [-0.25, -0.2) is 15.0 Å². The summed E-state index contributed by atoms with van der Waals surface area (Å²) >= 11 is 10.6. The van der Waals surface area contributed by atoms with Crippen molar-refractivity contribution in [1.82, 2.24) is 15.0 Å². The lowest BCUT2D eigenvalue weighted by molar-refractivity contribution is 1.02. The van der Waals surface area contributed by atoms with E-state index in [1.54, 1.807) is 25.5 Å². The van der Waals surface area contributed by atoms with Crippen LogP contribution in [0.1, 0.15) is 0 Å². The zero-order chi connectivity index (χ0) is 12.3. The van der Waals surface area contributed by atoms with Gasteiger partial charge in [0.25, 0.3) is 0 Å². The normalized spacial score (nSPS) is 10.3. The first-order valence-electron chi connectivity index (χ1n) is 4.69. The molecule has 2 heterocycles. The van der Waals surface area contributed by atoms with Crippen molar-refractivity contribution in [3.8, 4) is 0 Å². The van der Waals surface area contributed by atoms with E-state index in [9.17, 15) is 0 Å². The number of anilines is 1. The molecule has 0 fully saturated rings. The zero-order valence-corrected chi connectivity index (χ0v) is 12.0. The van der Waals surface area contributed by atoms with E-state index in [0.29, 0.717) is 11.0 Å². The Hall–Kier alpha value is -0.850. The van der Waals surface area contributed by atoms with Crippen molar-refractivity contribution in [2.45, 2.75) is 10.1 Å². The Balaban J connectivity index is 2.25. The summed E-state index contributed by atoms with van der Waals surface area (Å²) in [7, 11) is 1.78. The summed E-state index contributed by atoms with van der Waals surface area (Å²) in [5.41, 5.74) is 0. The molecular weight excluding hydrogens is 324 g/mol. The lowest BCUT2D eigenvalue weighted by Gasteiger charge is -2.04. The maximum Gasteiger partial charge on any atom is 0.223 e. The molecule has 0 spiro atoms. The van der Waals surface area contributed by atoms with Gasteiger partial charge in [0, 0.05) is 19.4 Å². The Kier molecular flexibility index (Phi) is 4.20. The molecule has 2 rings (SSSR count). The Morgan fingerprint density at radius 3 is 2.76 bits per heavy atom. The Labute approximate surface area is 116 Å². The van der Waals surface area contributed by atoms with Crippen LogP contribution in [0.15, 0.2) is 39.1 Å². The first-order chi connectivity index (χ1) is 8.19. The summed E-state index contributed by atoms with van der Waals surface area (Å²) in [6.45, 7) is 0. The Morgan fingerprint density at radius 2 is 2.12 bits per heavy atom. The fourth-order valence-electron chi connectivity index (χ4n) is 1.07. The van der Waals surface area contributed by atoms with Gasteiger partial charge in [-0.1, -0.05) is 11.6 Å². The fraction of sp³-hybridized carbons (Fsp3) is 0.100. The molecule has 4 nitrogen and oxygen atoms in total. The highest BCUT2D eigenvalue weighted by Gasteiger charge is 2.07. The van der Waals surface area contributed by atoms with E-state index in [4.69, 9.17) is 11.6 Å². The molecule has 0 saturated heterocycles. The van der Waals surface area contributed by atoms with Gasteiger partial charge in [0.15, 0.2) is 0 Å². The van der Waals surface area contributed by atoms with Crippen LogP contribution >= 0.6 is 39.3 Å². The number of hydrogen-bond donors (Lipinski definition) is 1. The third kappa shape index (κ3) is 3.31. The molecule has 2 aromatic rings. The summed E-state index contributed by atoms with van der Waals surface area (Å²) in [5, 5.41) is 5.14. The number of pyridine rings is 1. The van der Waals surface area contributed by atoms with Crippen LogP contribution in [0.3, 0.4) is 0 Å². The summed E-state index contributed by atoms with van der Waals surface area (Å²) in [6.07, 6.45) is 3.31. The Bertz CT molecular complexity index is 520. The molecule has 7 heteroatoms. The SMILES string of the molecule is CNc1ncc(Br)c(Sc2ccc(Cl)cn2)n1. The van der Waals surface area contributed by atoms with Crippen molar-refractivity contribution in [3.63, 3.8) is 0 Å². The van der Waals surface area contributed by atoms with Gasteiger partial charge in [0.1, 0.15) is 10.1 Å². The van der Waals surface area contributed by atoms with Crippen LogP contribution in [-0.4, -0.2) is 22.0 Å². The lowest BCUT2D eigenvalue weighted by atomic mass is 10.5. The summed E-state index contributed by atoms with van der Waals surface area (Å²) < 4.78 is 0.832. The minimum absolute atomic E-state index is 0.574. The summed E-state index contributed by atoms with van der Waals surface area (Å²) in [5.74, 6) is 0.574. The monoisotopic (exact) mass is 330 g/mol. The average molecular weight is 332 g/mol. The number of halogens is 2. The second-order valence-corrected chi connectivity index (χ2v) is 5.31. The van der Waals surface area contributed by atoms with E-state index in [0.717, 1.165) is 14.5 Å². The van der Waals surface area contributed by atoms with Crippen LogP contribution in [0.4, 0.5) is 5.95 Å². The topological polar surface area (TPSA) is 50.7 Å². The number of nitrogens with zero attached hydrogens (tertiary/aromatic N) is 3. The molecule has 2 aromatic heterocycles. The number of aromatic nitrogens is 3. The van der Waals surface area contributed by atoms with E-state index >= 15 is 0 Å². The van der Waals surface area contributed by atoms with Gasteiger partial charge in [-0.3, -0.25) is 0 Å². The van der Waals surface area contributed by atoms with E-state index in [-0.39, 0.29) is 0 Å². The number of nitrogens with one attached hydrogen (secondary N) is 1. The molecule has 0 aliphatic heterocycles. The molecule has 0 unspecified atom stereocenters. The molecule has 1 N–H and O–H groups in total. The van der Waals surface area contributed by atoms with E-state index in [2.05, 4.69) is 36.2 Å². The zero-order valence-electron chi connectivity index (χ0n) is 8.82. The van der Waals surface area contributed by atoms with E-state index in [1.807, 2.05) is 6.07 Å². The van der Waals surface area contributed by atoms with Gasteiger partial charge in [-0.05, 0) is 39.8 Å². The first kappa shape index (κ1) is 12.6. The third-order valence-electron chi connectivity index (χ3n) is 1.84. The van der Waals surface area contributed by atoms with Gasteiger partial charge in [-0.15, -0.1) is 0 Å². The van der Waals surface area contributed by atoms with Crippen molar-refractivity contribution >= 4 is 45.2 Å². The highest BCUT2D eigenvalue weighted by atomic mass is 79.9. The van der Waals surface area contributed by atoms with Crippen LogP contribution in [0.2, 0.25) is 5.02 Å².